The number of aromatic nitrogens is 6. The fraction of sp³-hybridized carbons (Fsp3) is 0.533. The average Bonchev–Trinajstić information content (AvgIpc) is 3.22. The summed E-state index contributed by atoms with van der Waals surface area (Å²) in [6.45, 7) is 0. The summed E-state index contributed by atoms with van der Waals surface area (Å²) in [6, 6.07) is 3.62. The van der Waals surface area contributed by atoms with E-state index in [1.165, 1.54) is 25.3 Å². The zero-order chi connectivity index (χ0) is 18.1. The summed E-state index contributed by atoms with van der Waals surface area (Å²) in [4.78, 5) is 0. The minimum absolute atomic E-state index is 0.0197. The quantitative estimate of drug-likeness (QED) is 0.758. The van der Waals surface area contributed by atoms with Crippen molar-refractivity contribution in [3.63, 3.8) is 0 Å². The van der Waals surface area contributed by atoms with E-state index in [9.17, 15) is 13.2 Å². The summed E-state index contributed by atoms with van der Waals surface area (Å²) in [7, 11) is 0. The molecule has 1 aliphatic carbocycles. The predicted molar refractivity (Wildman–Crippen MR) is 83.4 cm³/mol. The fourth-order valence-electron chi connectivity index (χ4n) is 3.06. The van der Waals surface area contributed by atoms with Gasteiger partial charge >= 0.3 is 12.2 Å². The van der Waals surface area contributed by atoms with Gasteiger partial charge in [0.1, 0.15) is 0 Å². The van der Waals surface area contributed by atoms with Gasteiger partial charge in [0.2, 0.25) is 5.89 Å². The van der Waals surface area contributed by atoms with Gasteiger partial charge in [-0.05, 0) is 25.0 Å². The smallest absolute Gasteiger partial charge is 0.408 e. The molecule has 3 aromatic heterocycles. The molecule has 4 rings (SSSR count). The van der Waals surface area contributed by atoms with Crippen molar-refractivity contribution in [3.8, 4) is 0 Å². The van der Waals surface area contributed by atoms with Crippen LogP contribution in [0.25, 0.3) is 5.65 Å². The Kier molecular flexibility index (Phi) is 4.21. The molecule has 0 radical (unpaired) electrons. The molecule has 0 amide bonds. The maximum atomic E-state index is 12.9. The Morgan fingerprint density at radius 2 is 1.88 bits per heavy atom. The Hall–Kier alpha value is -2.72. The molecule has 1 saturated carbocycles. The van der Waals surface area contributed by atoms with Crippen molar-refractivity contribution in [2.75, 3.05) is 5.32 Å². The third kappa shape index (κ3) is 3.46. The van der Waals surface area contributed by atoms with Crippen LogP contribution in [0.5, 0.6) is 0 Å². The third-order valence-electron chi connectivity index (χ3n) is 4.30. The first-order valence-electron chi connectivity index (χ1n) is 8.36. The van der Waals surface area contributed by atoms with Crippen molar-refractivity contribution in [2.24, 2.45) is 0 Å². The van der Waals surface area contributed by atoms with E-state index in [-0.39, 0.29) is 18.0 Å². The van der Waals surface area contributed by atoms with E-state index in [0.29, 0.717) is 22.3 Å². The molecule has 1 fully saturated rings. The van der Waals surface area contributed by atoms with Gasteiger partial charge in [-0.1, -0.05) is 24.4 Å². The minimum atomic E-state index is -4.63. The highest BCUT2D eigenvalue weighted by Gasteiger charge is 2.37. The molecular formula is C15H16F3N7O. The number of rotatable bonds is 4. The SMILES string of the molecule is FC(F)(F)c1nnc2ccc(Cc3nnc(NC4CCCCC4)o3)nn12. The lowest BCUT2D eigenvalue weighted by Crippen LogP contribution is -2.22. The summed E-state index contributed by atoms with van der Waals surface area (Å²) in [5.41, 5.74) is 0.363. The summed E-state index contributed by atoms with van der Waals surface area (Å²) in [5.74, 6) is -0.892. The number of anilines is 1. The molecule has 11 heteroatoms. The molecule has 0 saturated heterocycles. The molecule has 1 N–H and O–H groups in total. The molecule has 26 heavy (non-hydrogen) atoms. The van der Waals surface area contributed by atoms with Gasteiger partial charge < -0.3 is 9.73 Å². The first-order chi connectivity index (χ1) is 12.5. The van der Waals surface area contributed by atoms with Crippen LogP contribution in [0.3, 0.4) is 0 Å². The molecule has 0 bridgehead atoms. The van der Waals surface area contributed by atoms with Crippen LogP contribution in [-0.2, 0) is 12.6 Å². The maximum absolute atomic E-state index is 12.9. The monoisotopic (exact) mass is 367 g/mol. The molecule has 3 heterocycles. The molecule has 0 unspecified atom stereocenters. The van der Waals surface area contributed by atoms with E-state index < -0.39 is 12.0 Å². The summed E-state index contributed by atoms with van der Waals surface area (Å²) in [5, 5.41) is 21.7. The topological polar surface area (TPSA) is 94.0 Å². The first-order valence-corrected chi connectivity index (χ1v) is 8.36. The van der Waals surface area contributed by atoms with Crippen LogP contribution in [-0.4, -0.2) is 36.1 Å². The van der Waals surface area contributed by atoms with Crippen LogP contribution in [0, 0.1) is 0 Å². The van der Waals surface area contributed by atoms with E-state index in [0.717, 1.165) is 12.8 Å². The van der Waals surface area contributed by atoms with Crippen LogP contribution in [0.15, 0.2) is 16.5 Å². The number of hydrogen-bond acceptors (Lipinski definition) is 7. The molecule has 8 nitrogen and oxygen atoms in total. The molecule has 0 aromatic carbocycles. The van der Waals surface area contributed by atoms with Crippen molar-refractivity contribution < 1.29 is 17.6 Å². The molecule has 0 spiro atoms. The molecule has 138 valence electrons. The Bertz CT molecular complexity index is 898. The maximum Gasteiger partial charge on any atom is 0.453 e. The van der Waals surface area contributed by atoms with Gasteiger partial charge in [-0.25, -0.2) is 0 Å². The highest BCUT2D eigenvalue weighted by Crippen LogP contribution is 2.27. The molecule has 0 aliphatic heterocycles. The van der Waals surface area contributed by atoms with Crippen molar-refractivity contribution in [2.45, 2.75) is 50.7 Å². The van der Waals surface area contributed by atoms with E-state index >= 15 is 0 Å². The lowest BCUT2D eigenvalue weighted by molar-refractivity contribution is -0.146. The number of nitrogens with one attached hydrogen (secondary N) is 1. The highest BCUT2D eigenvalue weighted by atomic mass is 19.4. The average molecular weight is 367 g/mol. The zero-order valence-corrected chi connectivity index (χ0v) is 13.7. The molecule has 1 aliphatic rings. The zero-order valence-electron chi connectivity index (χ0n) is 13.7. The van der Waals surface area contributed by atoms with Crippen LogP contribution in [0.1, 0.15) is 49.5 Å². The second-order valence-corrected chi connectivity index (χ2v) is 6.27. The number of alkyl halides is 3. The molecule has 3 aromatic rings. The van der Waals surface area contributed by atoms with Crippen LogP contribution < -0.4 is 5.32 Å². The normalized spacial score (nSPS) is 16.3. The predicted octanol–water partition coefficient (Wildman–Crippen LogP) is 2.86. The van der Waals surface area contributed by atoms with E-state index in [1.807, 2.05) is 0 Å². The Labute approximate surface area is 145 Å². The Balaban J connectivity index is 1.50. The number of fused-ring (bicyclic) bond motifs is 1. The lowest BCUT2D eigenvalue weighted by atomic mass is 9.96. The number of hydrogen-bond donors (Lipinski definition) is 1. The molecule has 0 atom stereocenters. The van der Waals surface area contributed by atoms with E-state index in [1.54, 1.807) is 6.07 Å². The lowest BCUT2D eigenvalue weighted by Gasteiger charge is -2.21. The fourth-order valence-corrected chi connectivity index (χ4v) is 3.06. The van der Waals surface area contributed by atoms with Gasteiger partial charge in [0.05, 0.1) is 12.1 Å². The van der Waals surface area contributed by atoms with Gasteiger partial charge in [0, 0.05) is 6.04 Å². The van der Waals surface area contributed by atoms with Gasteiger partial charge in [0.15, 0.2) is 5.65 Å². The second kappa shape index (κ2) is 6.54. The standard InChI is InChI=1S/C15H16F3N7O/c16-15(17,18)13-22-20-11-7-6-10(24-25(11)13)8-12-21-23-14(26-12)19-9-4-2-1-3-5-9/h6-7,9H,1-5,8H2,(H,19,23). The van der Waals surface area contributed by atoms with E-state index in [2.05, 4.69) is 30.8 Å². The minimum Gasteiger partial charge on any atom is -0.408 e. The van der Waals surface area contributed by atoms with Crippen molar-refractivity contribution in [1.82, 2.24) is 30.0 Å². The molecular weight excluding hydrogens is 351 g/mol. The van der Waals surface area contributed by atoms with Gasteiger partial charge in [-0.2, -0.15) is 22.8 Å². The van der Waals surface area contributed by atoms with Crippen molar-refractivity contribution in [1.29, 1.82) is 0 Å². The van der Waals surface area contributed by atoms with Crippen LogP contribution >= 0.6 is 0 Å². The largest absolute Gasteiger partial charge is 0.453 e. The summed E-state index contributed by atoms with van der Waals surface area (Å²) in [6.07, 6.45) is 1.18. The van der Waals surface area contributed by atoms with Crippen molar-refractivity contribution >= 4 is 11.7 Å². The number of nitrogens with zero attached hydrogens (tertiary/aromatic N) is 6. The van der Waals surface area contributed by atoms with Gasteiger partial charge in [-0.3, -0.25) is 0 Å². The number of halogens is 3. The van der Waals surface area contributed by atoms with Crippen LogP contribution in [0.4, 0.5) is 19.2 Å². The van der Waals surface area contributed by atoms with Gasteiger partial charge in [-0.15, -0.1) is 15.3 Å². The third-order valence-corrected chi connectivity index (χ3v) is 4.30. The highest BCUT2D eigenvalue weighted by molar-refractivity contribution is 5.37. The Morgan fingerprint density at radius 3 is 2.65 bits per heavy atom. The van der Waals surface area contributed by atoms with Crippen LogP contribution in [0.2, 0.25) is 0 Å². The summed E-state index contributed by atoms with van der Waals surface area (Å²) >= 11 is 0. The Morgan fingerprint density at radius 1 is 1.08 bits per heavy atom. The van der Waals surface area contributed by atoms with Gasteiger partial charge in [0.25, 0.3) is 5.82 Å². The first kappa shape index (κ1) is 16.7. The summed E-state index contributed by atoms with van der Waals surface area (Å²) < 4.78 is 45.0. The van der Waals surface area contributed by atoms with E-state index in [4.69, 9.17) is 4.42 Å². The van der Waals surface area contributed by atoms with Crippen molar-refractivity contribution in [3.05, 3.63) is 29.5 Å². The second-order valence-electron chi connectivity index (χ2n) is 6.27.